The molecule has 2 aromatic carbocycles. The second kappa shape index (κ2) is 7.15. The smallest absolute Gasteiger partial charge is 0.242 e. The van der Waals surface area contributed by atoms with Crippen LogP contribution in [0.4, 0.5) is 0 Å². The third kappa shape index (κ3) is 4.12. The molecule has 0 heterocycles. The van der Waals surface area contributed by atoms with Gasteiger partial charge in [0.1, 0.15) is 12.4 Å². The molecule has 0 atom stereocenters. The summed E-state index contributed by atoms with van der Waals surface area (Å²) in [6.07, 6.45) is 0. The lowest BCUT2D eigenvalue weighted by molar-refractivity contribution is 0.283. The van der Waals surface area contributed by atoms with Gasteiger partial charge in [-0.05, 0) is 44.0 Å². The maximum atomic E-state index is 12.5. The van der Waals surface area contributed by atoms with E-state index in [0.717, 1.165) is 22.4 Å². The maximum absolute atomic E-state index is 12.5. The van der Waals surface area contributed by atoms with Crippen LogP contribution in [0.1, 0.15) is 16.7 Å². The van der Waals surface area contributed by atoms with Gasteiger partial charge in [0.15, 0.2) is 0 Å². The summed E-state index contributed by atoms with van der Waals surface area (Å²) >= 11 is 0. The highest BCUT2D eigenvalue weighted by atomic mass is 32.2. The molecule has 0 aliphatic carbocycles. The van der Waals surface area contributed by atoms with Crippen molar-refractivity contribution in [2.24, 2.45) is 0 Å². The number of ether oxygens (including phenoxy) is 1. The van der Waals surface area contributed by atoms with Gasteiger partial charge in [-0.15, -0.1) is 0 Å². The summed E-state index contributed by atoms with van der Waals surface area (Å²) in [5, 5.41) is 0. The Morgan fingerprint density at radius 3 is 2.09 bits per heavy atom. The molecule has 0 amide bonds. The molecular formula is C18H23NO3S. The molecule has 0 saturated carbocycles. The first-order valence-electron chi connectivity index (χ1n) is 7.54. The molecule has 5 heteroatoms. The Morgan fingerprint density at radius 1 is 0.957 bits per heavy atom. The maximum Gasteiger partial charge on any atom is 0.242 e. The fourth-order valence-electron chi connectivity index (χ4n) is 2.31. The van der Waals surface area contributed by atoms with Crippen molar-refractivity contribution in [3.05, 3.63) is 59.2 Å². The summed E-state index contributed by atoms with van der Waals surface area (Å²) in [6, 6.07) is 12.8. The summed E-state index contributed by atoms with van der Waals surface area (Å²) in [5.41, 5.74) is 3.13. The molecule has 0 aromatic heterocycles. The number of likely N-dealkylation sites (N-methyl/N-ethyl adjacent to an activating group) is 1. The first kappa shape index (κ1) is 17.5. The molecule has 0 fully saturated rings. The fraction of sp³-hybridized carbons (Fsp3) is 0.333. The Kier molecular flexibility index (Phi) is 5.44. The minimum atomic E-state index is -3.48. The van der Waals surface area contributed by atoms with Crippen LogP contribution < -0.4 is 4.74 Å². The largest absolute Gasteiger partial charge is 0.492 e. The van der Waals surface area contributed by atoms with Crippen molar-refractivity contribution in [1.29, 1.82) is 0 Å². The molecule has 0 saturated heterocycles. The number of para-hydroxylation sites is 1. The number of benzene rings is 2. The number of sulfonamides is 1. The molecule has 0 aliphatic rings. The number of hydrogen-bond donors (Lipinski definition) is 0. The molecule has 0 bridgehead atoms. The third-order valence-corrected chi connectivity index (χ3v) is 5.66. The molecule has 0 spiro atoms. The van der Waals surface area contributed by atoms with Crippen LogP contribution >= 0.6 is 0 Å². The van der Waals surface area contributed by atoms with E-state index in [0.29, 0.717) is 18.0 Å². The van der Waals surface area contributed by atoms with Crippen molar-refractivity contribution in [2.75, 3.05) is 20.2 Å². The SMILES string of the molecule is Cc1ccc(S(=O)(=O)N(C)CCOc2c(C)cccc2C)cc1. The number of hydrogen-bond acceptors (Lipinski definition) is 3. The average molecular weight is 333 g/mol. The highest BCUT2D eigenvalue weighted by Gasteiger charge is 2.20. The molecule has 4 nitrogen and oxygen atoms in total. The molecule has 2 aromatic rings. The lowest BCUT2D eigenvalue weighted by Gasteiger charge is -2.18. The highest BCUT2D eigenvalue weighted by molar-refractivity contribution is 7.89. The highest BCUT2D eigenvalue weighted by Crippen LogP contribution is 2.22. The van der Waals surface area contributed by atoms with E-state index in [4.69, 9.17) is 4.74 Å². The van der Waals surface area contributed by atoms with Crippen LogP contribution in [-0.4, -0.2) is 32.9 Å². The molecule has 0 N–H and O–H groups in total. The minimum absolute atomic E-state index is 0.296. The predicted molar refractivity (Wildman–Crippen MR) is 92.4 cm³/mol. The van der Waals surface area contributed by atoms with Gasteiger partial charge >= 0.3 is 0 Å². The first-order valence-corrected chi connectivity index (χ1v) is 8.98. The molecule has 0 radical (unpaired) electrons. The molecule has 0 aliphatic heterocycles. The zero-order valence-corrected chi connectivity index (χ0v) is 14.9. The number of nitrogens with zero attached hydrogens (tertiary/aromatic N) is 1. The van der Waals surface area contributed by atoms with Crippen LogP contribution in [0.2, 0.25) is 0 Å². The zero-order chi connectivity index (χ0) is 17.0. The molecule has 0 unspecified atom stereocenters. The van der Waals surface area contributed by atoms with E-state index in [9.17, 15) is 8.42 Å². The zero-order valence-electron chi connectivity index (χ0n) is 14.0. The van der Waals surface area contributed by atoms with Crippen LogP contribution in [0, 0.1) is 20.8 Å². The third-order valence-electron chi connectivity index (χ3n) is 3.79. The van der Waals surface area contributed by atoms with Gasteiger partial charge in [-0.25, -0.2) is 8.42 Å². The summed E-state index contributed by atoms with van der Waals surface area (Å²) < 4.78 is 32.1. The van der Waals surface area contributed by atoms with Crippen molar-refractivity contribution < 1.29 is 13.2 Å². The van der Waals surface area contributed by atoms with Gasteiger partial charge in [0, 0.05) is 13.6 Å². The van der Waals surface area contributed by atoms with Crippen LogP contribution in [-0.2, 0) is 10.0 Å². The monoisotopic (exact) mass is 333 g/mol. The Bertz CT molecular complexity index is 747. The summed E-state index contributed by atoms with van der Waals surface area (Å²) in [6.45, 7) is 6.50. The lowest BCUT2D eigenvalue weighted by atomic mass is 10.1. The van der Waals surface area contributed by atoms with Crippen LogP contribution in [0.5, 0.6) is 5.75 Å². The summed E-state index contributed by atoms with van der Waals surface area (Å²) in [4.78, 5) is 0.303. The lowest BCUT2D eigenvalue weighted by Crippen LogP contribution is -2.31. The molecular weight excluding hydrogens is 310 g/mol. The van der Waals surface area contributed by atoms with Crippen LogP contribution in [0.15, 0.2) is 47.4 Å². The first-order chi connectivity index (χ1) is 10.8. The Balaban J connectivity index is 2.02. The van der Waals surface area contributed by atoms with Gasteiger partial charge in [0.05, 0.1) is 4.90 Å². The Labute approximate surface area is 138 Å². The summed E-state index contributed by atoms with van der Waals surface area (Å²) in [5.74, 6) is 0.827. The molecule has 23 heavy (non-hydrogen) atoms. The average Bonchev–Trinajstić information content (AvgIpc) is 2.50. The van der Waals surface area contributed by atoms with Gasteiger partial charge < -0.3 is 4.74 Å². The van der Waals surface area contributed by atoms with E-state index in [1.807, 2.05) is 39.0 Å². The van der Waals surface area contributed by atoms with Crippen molar-refractivity contribution in [2.45, 2.75) is 25.7 Å². The fourth-order valence-corrected chi connectivity index (χ4v) is 3.47. The summed E-state index contributed by atoms with van der Waals surface area (Å²) in [7, 11) is -1.90. The van der Waals surface area contributed by atoms with Crippen molar-refractivity contribution >= 4 is 10.0 Å². The van der Waals surface area contributed by atoms with Gasteiger partial charge in [-0.1, -0.05) is 35.9 Å². The quantitative estimate of drug-likeness (QED) is 0.815. The van der Waals surface area contributed by atoms with E-state index in [1.54, 1.807) is 31.3 Å². The van der Waals surface area contributed by atoms with Crippen LogP contribution in [0.3, 0.4) is 0 Å². The minimum Gasteiger partial charge on any atom is -0.492 e. The second-order valence-electron chi connectivity index (χ2n) is 5.71. The van der Waals surface area contributed by atoms with E-state index in [2.05, 4.69) is 0 Å². The second-order valence-corrected chi connectivity index (χ2v) is 7.75. The standard InChI is InChI=1S/C18H23NO3S/c1-14-8-10-17(11-9-14)23(20,21)19(4)12-13-22-18-15(2)6-5-7-16(18)3/h5-11H,12-13H2,1-4H3. The normalized spacial score (nSPS) is 11.7. The van der Waals surface area contributed by atoms with Gasteiger partial charge in [-0.2, -0.15) is 4.31 Å². The van der Waals surface area contributed by atoms with E-state index < -0.39 is 10.0 Å². The topological polar surface area (TPSA) is 46.6 Å². The molecule has 2 rings (SSSR count). The molecule has 124 valence electrons. The van der Waals surface area contributed by atoms with Gasteiger partial charge in [-0.3, -0.25) is 0 Å². The predicted octanol–water partition coefficient (Wildman–Crippen LogP) is 3.31. The van der Waals surface area contributed by atoms with Crippen LogP contribution in [0.25, 0.3) is 0 Å². The van der Waals surface area contributed by atoms with E-state index >= 15 is 0 Å². The van der Waals surface area contributed by atoms with E-state index in [1.165, 1.54) is 4.31 Å². The number of aryl methyl sites for hydroxylation is 3. The Hall–Kier alpha value is -1.85. The van der Waals surface area contributed by atoms with Crippen molar-refractivity contribution in [3.63, 3.8) is 0 Å². The van der Waals surface area contributed by atoms with Gasteiger partial charge in [0.25, 0.3) is 0 Å². The van der Waals surface area contributed by atoms with Crippen molar-refractivity contribution in [3.8, 4) is 5.75 Å². The number of rotatable bonds is 6. The van der Waals surface area contributed by atoms with E-state index in [-0.39, 0.29) is 0 Å². The van der Waals surface area contributed by atoms with Gasteiger partial charge in [0.2, 0.25) is 10.0 Å². The Morgan fingerprint density at radius 2 is 1.52 bits per heavy atom. The van der Waals surface area contributed by atoms with Crippen molar-refractivity contribution in [1.82, 2.24) is 4.31 Å².